The average Bonchev–Trinajstić information content (AvgIpc) is 2.39. The normalized spacial score (nSPS) is 10.4. The van der Waals surface area contributed by atoms with Gasteiger partial charge in [0.15, 0.2) is 0 Å². The van der Waals surface area contributed by atoms with Crippen LogP contribution in [0.15, 0.2) is 51.3 Å². The Kier molecular flexibility index (Phi) is 4.74. The van der Waals surface area contributed by atoms with Gasteiger partial charge in [-0.3, -0.25) is 0 Å². The van der Waals surface area contributed by atoms with Gasteiger partial charge < -0.3 is 5.11 Å². The molecule has 6 heteroatoms. The van der Waals surface area contributed by atoms with Crippen LogP contribution in [0, 0.1) is 0 Å². The fraction of sp³-hybridized carbons (Fsp3) is 0.0769. The molecule has 1 aromatic carbocycles. The van der Waals surface area contributed by atoms with Crippen LogP contribution in [0.3, 0.4) is 0 Å². The van der Waals surface area contributed by atoms with E-state index in [4.69, 9.17) is 11.6 Å². The molecule has 2 rings (SSSR count). The van der Waals surface area contributed by atoms with E-state index in [-0.39, 0.29) is 5.56 Å². The maximum atomic E-state index is 11.3. The maximum Gasteiger partial charge on any atom is 0.336 e. The summed E-state index contributed by atoms with van der Waals surface area (Å²) in [6.45, 7) is 0. The molecule has 1 aromatic heterocycles. The Bertz CT molecular complexity index is 619. The third-order valence-corrected chi connectivity index (χ3v) is 4.22. The quantitative estimate of drug-likeness (QED) is 0.853. The van der Waals surface area contributed by atoms with Gasteiger partial charge in [-0.25, -0.2) is 9.78 Å². The fourth-order valence-corrected chi connectivity index (χ4v) is 3.04. The molecule has 0 aliphatic carbocycles. The summed E-state index contributed by atoms with van der Waals surface area (Å²) in [6, 6.07) is 8.86. The summed E-state index contributed by atoms with van der Waals surface area (Å²) in [7, 11) is 0. The summed E-state index contributed by atoms with van der Waals surface area (Å²) < 4.78 is 0. The van der Waals surface area contributed by atoms with Crippen molar-refractivity contribution in [2.24, 2.45) is 0 Å². The molecule has 0 unspecified atom stereocenters. The summed E-state index contributed by atoms with van der Waals surface area (Å²) in [6.07, 6.45) is 3.44. The minimum atomic E-state index is -0.956. The van der Waals surface area contributed by atoms with E-state index in [0.717, 1.165) is 4.90 Å². The Labute approximate surface area is 124 Å². The predicted molar refractivity (Wildman–Crippen MR) is 78.6 cm³/mol. The lowest BCUT2D eigenvalue weighted by atomic mass is 10.3. The number of carboxylic acids is 1. The topological polar surface area (TPSA) is 50.2 Å². The van der Waals surface area contributed by atoms with Crippen molar-refractivity contribution in [1.82, 2.24) is 4.98 Å². The summed E-state index contributed by atoms with van der Waals surface area (Å²) in [5, 5.41) is 10.6. The molecule has 0 fully saturated rings. The first kappa shape index (κ1) is 14.2. The highest BCUT2D eigenvalue weighted by Crippen LogP contribution is 2.32. The van der Waals surface area contributed by atoms with E-state index in [9.17, 15) is 9.90 Å². The van der Waals surface area contributed by atoms with Gasteiger partial charge in [0.1, 0.15) is 0 Å². The molecule has 2 aromatic rings. The molecular weight excluding hydrogens is 302 g/mol. The fourth-order valence-electron chi connectivity index (χ4n) is 1.44. The van der Waals surface area contributed by atoms with Crippen LogP contribution >= 0.6 is 35.1 Å². The van der Waals surface area contributed by atoms with Crippen molar-refractivity contribution in [2.75, 3.05) is 6.26 Å². The smallest absolute Gasteiger partial charge is 0.336 e. The lowest BCUT2D eigenvalue weighted by molar-refractivity contribution is 0.0692. The molecule has 3 nitrogen and oxygen atoms in total. The zero-order valence-electron chi connectivity index (χ0n) is 9.96. The largest absolute Gasteiger partial charge is 0.478 e. The number of hydrogen-bond acceptors (Lipinski definition) is 4. The molecule has 19 heavy (non-hydrogen) atoms. The van der Waals surface area contributed by atoms with Gasteiger partial charge in [-0.15, -0.1) is 11.8 Å². The van der Waals surface area contributed by atoms with Gasteiger partial charge in [-0.1, -0.05) is 29.4 Å². The molecule has 1 N–H and O–H groups in total. The number of benzene rings is 1. The first-order valence-corrected chi connectivity index (χ1v) is 7.73. The second kappa shape index (κ2) is 6.32. The van der Waals surface area contributed by atoms with Crippen LogP contribution in [-0.2, 0) is 0 Å². The number of carbonyl (C=O) groups is 1. The Balaban J connectivity index is 2.36. The second-order valence-electron chi connectivity index (χ2n) is 3.59. The molecule has 1 heterocycles. The van der Waals surface area contributed by atoms with E-state index >= 15 is 0 Å². The van der Waals surface area contributed by atoms with Crippen molar-refractivity contribution in [3.63, 3.8) is 0 Å². The van der Waals surface area contributed by atoms with Crippen LogP contribution in [0.2, 0.25) is 5.02 Å². The molecule has 0 radical (unpaired) electrons. The molecule has 0 amide bonds. The monoisotopic (exact) mass is 311 g/mol. The van der Waals surface area contributed by atoms with Gasteiger partial charge in [0.25, 0.3) is 0 Å². The third-order valence-electron chi connectivity index (χ3n) is 2.31. The van der Waals surface area contributed by atoms with Crippen LogP contribution in [0.5, 0.6) is 0 Å². The van der Waals surface area contributed by atoms with E-state index < -0.39 is 5.97 Å². The number of carboxylic acid groups (broad SMARTS) is 1. The summed E-state index contributed by atoms with van der Waals surface area (Å²) in [5.74, 6) is -0.956. The van der Waals surface area contributed by atoms with Crippen molar-refractivity contribution in [3.05, 3.63) is 47.1 Å². The SMILES string of the molecule is CSc1cc(C(=O)O)c(Sc2cccc(Cl)c2)cn1. The molecule has 98 valence electrons. The molecule has 0 spiro atoms. The Morgan fingerprint density at radius 3 is 2.79 bits per heavy atom. The molecule has 0 aliphatic heterocycles. The van der Waals surface area contributed by atoms with Gasteiger partial charge in [0.05, 0.1) is 10.6 Å². The Morgan fingerprint density at radius 1 is 1.37 bits per heavy atom. The van der Waals surface area contributed by atoms with Crippen molar-refractivity contribution in [1.29, 1.82) is 0 Å². The number of thioether (sulfide) groups is 1. The number of pyridine rings is 1. The zero-order valence-corrected chi connectivity index (χ0v) is 12.4. The predicted octanol–water partition coefficient (Wildman–Crippen LogP) is 4.31. The van der Waals surface area contributed by atoms with E-state index in [0.29, 0.717) is 14.9 Å². The van der Waals surface area contributed by atoms with Crippen molar-refractivity contribution >= 4 is 41.1 Å². The van der Waals surface area contributed by atoms with Gasteiger partial charge >= 0.3 is 5.97 Å². The van der Waals surface area contributed by atoms with Crippen molar-refractivity contribution in [2.45, 2.75) is 14.8 Å². The van der Waals surface area contributed by atoms with Gasteiger partial charge in [0.2, 0.25) is 0 Å². The Morgan fingerprint density at radius 2 is 2.16 bits per heavy atom. The van der Waals surface area contributed by atoms with Gasteiger partial charge in [-0.05, 0) is 30.5 Å². The number of halogens is 1. The summed E-state index contributed by atoms with van der Waals surface area (Å²) in [4.78, 5) is 17.0. The van der Waals surface area contributed by atoms with E-state index in [2.05, 4.69) is 4.98 Å². The molecule has 0 atom stereocenters. The number of nitrogens with zero attached hydrogens (tertiary/aromatic N) is 1. The lowest BCUT2D eigenvalue weighted by Gasteiger charge is -2.07. The maximum absolute atomic E-state index is 11.3. The van der Waals surface area contributed by atoms with E-state index in [1.54, 1.807) is 24.4 Å². The highest BCUT2D eigenvalue weighted by atomic mass is 35.5. The molecule has 0 bridgehead atoms. The summed E-state index contributed by atoms with van der Waals surface area (Å²) in [5.41, 5.74) is 0.254. The lowest BCUT2D eigenvalue weighted by Crippen LogP contribution is -2.00. The summed E-state index contributed by atoms with van der Waals surface area (Å²) >= 11 is 8.66. The third kappa shape index (κ3) is 3.65. The van der Waals surface area contributed by atoms with Crippen LogP contribution in [0.25, 0.3) is 0 Å². The van der Waals surface area contributed by atoms with Crippen LogP contribution in [-0.4, -0.2) is 22.3 Å². The minimum Gasteiger partial charge on any atom is -0.478 e. The van der Waals surface area contributed by atoms with Gasteiger partial charge in [-0.2, -0.15) is 0 Å². The number of aromatic carboxylic acids is 1. The van der Waals surface area contributed by atoms with Crippen LogP contribution in [0.1, 0.15) is 10.4 Å². The van der Waals surface area contributed by atoms with E-state index in [1.165, 1.54) is 23.5 Å². The first-order valence-electron chi connectivity index (χ1n) is 5.31. The molecule has 0 aliphatic rings. The number of rotatable bonds is 4. The van der Waals surface area contributed by atoms with Crippen molar-refractivity contribution < 1.29 is 9.90 Å². The highest BCUT2D eigenvalue weighted by Gasteiger charge is 2.13. The average molecular weight is 312 g/mol. The van der Waals surface area contributed by atoms with Crippen molar-refractivity contribution in [3.8, 4) is 0 Å². The number of aromatic nitrogens is 1. The molecule has 0 saturated carbocycles. The Hall–Kier alpha value is -1.17. The standard InChI is InChI=1S/C13H10ClNO2S2/c1-18-12-6-10(13(16)17)11(7-15-12)19-9-4-2-3-8(14)5-9/h2-7H,1H3,(H,16,17). The molecule has 0 saturated heterocycles. The van der Waals surface area contributed by atoms with Crippen LogP contribution < -0.4 is 0 Å². The number of hydrogen-bond donors (Lipinski definition) is 1. The molecular formula is C13H10ClNO2S2. The minimum absolute atomic E-state index is 0.254. The second-order valence-corrected chi connectivity index (χ2v) is 5.97. The highest BCUT2D eigenvalue weighted by molar-refractivity contribution is 7.99. The van der Waals surface area contributed by atoms with Gasteiger partial charge in [0, 0.05) is 21.0 Å². The zero-order chi connectivity index (χ0) is 13.8. The first-order chi connectivity index (χ1) is 9.10. The van der Waals surface area contributed by atoms with E-state index in [1.807, 2.05) is 18.4 Å². The van der Waals surface area contributed by atoms with Crippen LogP contribution in [0.4, 0.5) is 0 Å².